The van der Waals surface area contributed by atoms with E-state index in [9.17, 15) is 9.59 Å². The van der Waals surface area contributed by atoms with Gasteiger partial charge in [-0.2, -0.15) is 0 Å². The lowest BCUT2D eigenvalue weighted by molar-refractivity contribution is -0.137. The Labute approximate surface area is 115 Å². The van der Waals surface area contributed by atoms with Crippen molar-refractivity contribution in [2.24, 2.45) is 0 Å². The number of carbonyl (C=O) groups is 2. The van der Waals surface area contributed by atoms with Gasteiger partial charge in [-0.05, 0) is 32.7 Å². The van der Waals surface area contributed by atoms with E-state index in [4.69, 9.17) is 5.11 Å². The number of aliphatic carboxylic acids is 1. The van der Waals surface area contributed by atoms with Crippen LogP contribution in [0.15, 0.2) is 0 Å². The van der Waals surface area contributed by atoms with Crippen molar-refractivity contribution in [3.05, 3.63) is 0 Å². The number of carboxylic acid groups (broad SMARTS) is 1. The number of hydrogen-bond donors (Lipinski definition) is 2. The maximum absolute atomic E-state index is 11.5. The standard InChI is InChI=1S/C14H26N2O3/c1-16(12-6-2-3-7-12)11-10-15-13(17)8-4-5-9-14(18)19/h12H,2-11H2,1H3,(H,15,17)(H,18,19). The van der Waals surface area contributed by atoms with Crippen molar-refractivity contribution in [1.29, 1.82) is 0 Å². The van der Waals surface area contributed by atoms with Gasteiger partial charge in [0.05, 0.1) is 0 Å². The molecule has 5 heteroatoms. The average Bonchev–Trinajstić information content (AvgIpc) is 2.88. The van der Waals surface area contributed by atoms with Crippen molar-refractivity contribution in [2.45, 2.75) is 57.4 Å². The molecule has 0 unspecified atom stereocenters. The number of unbranched alkanes of at least 4 members (excludes halogenated alkanes) is 1. The van der Waals surface area contributed by atoms with E-state index in [1.807, 2.05) is 0 Å². The summed E-state index contributed by atoms with van der Waals surface area (Å²) in [6.45, 7) is 1.58. The number of amides is 1. The average molecular weight is 270 g/mol. The lowest BCUT2D eigenvalue weighted by atomic mass is 10.2. The first-order chi connectivity index (χ1) is 9.09. The van der Waals surface area contributed by atoms with Gasteiger partial charge in [-0.25, -0.2) is 0 Å². The second kappa shape index (κ2) is 8.91. The Morgan fingerprint density at radius 1 is 1.21 bits per heavy atom. The first kappa shape index (κ1) is 16.0. The fourth-order valence-corrected chi connectivity index (χ4v) is 2.55. The van der Waals surface area contributed by atoms with Crippen LogP contribution in [0, 0.1) is 0 Å². The first-order valence-electron chi connectivity index (χ1n) is 7.28. The minimum absolute atomic E-state index is 0.0326. The van der Waals surface area contributed by atoms with Crippen molar-refractivity contribution >= 4 is 11.9 Å². The number of nitrogens with zero attached hydrogens (tertiary/aromatic N) is 1. The molecular formula is C14H26N2O3. The van der Waals surface area contributed by atoms with Crippen molar-refractivity contribution in [2.75, 3.05) is 20.1 Å². The maximum Gasteiger partial charge on any atom is 0.303 e. The fraction of sp³-hybridized carbons (Fsp3) is 0.857. The van der Waals surface area contributed by atoms with Gasteiger partial charge in [0.25, 0.3) is 0 Å². The highest BCUT2D eigenvalue weighted by molar-refractivity contribution is 5.75. The summed E-state index contributed by atoms with van der Waals surface area (Å²) in [4.78, 5) is 24.2. The lowest BCUT2D eigenvalue weighted by Gasteiger charge is -2.23. The molecule has 0 aliphatic heterocycles. The molecule has 0 heterocycles. The van der Waals surface area contributed by atoms with Crippen molar-refractivity contribution in [3.63, 3.8) is 0 Å². The second-order valence-electron chi connectivity index (χ2n) is 5.37. The molecule has 1 aliphatic carbocycles. The molecule has 1 rings (SSSR count). The van der Waals surface area contributed by atoms with Crippen LogP contribution >= 0.6 is 0 Å². The van der Waals surface area contributed by atoms with Gasteiger partial charge in [0.15, 0.2) is 0 Å². The van der Waals surface area contributed by atoms with Gasteiger partial charge in [-0.15, -0.1) is 0 Å². The van der Waals surface area contributed by atoms with Crippen molar-refractivity contribution in [1.82, 2.24) is 10.2 Å². The Kier molecular flexibility index (Phi) is 7.48. The molecule has 5 nitrogen and oxygen atoms in total. The molecule has 1 amide bonds. The predicted molar refractivity (Wildman–Crippen MR) is 74.0 cm³/mol. The van der Waals surface area contributed by atoms with Gasteiger partial charge in [0.2, 0.25) is 5.91 Å². The van der Waals surface area contributed by atoms with Crippen molar-refractivity contribution in [3.8, 4) is 0 Å². The van der Waals surface area contributed by atoms with E-state index in [2.05, 4.69) is 17.3 Å². The lowest BCUT2D eigenvalue weighted by Crippen LogP contribution is -2.37. The second-order valence-corrected chi connectivity index (χ2v) is 5.37. The molecule has 110 valence electrons. The van der Waals surface area contributed by atoms with Crippen LogP contribution in [0.25, 0.3) is 0 Å². The van der Waals surface area contributed by atoms with E-state index >= 15 is 0 Å². The molecule has 0 aromatic rings. The molecule has 0 spiro atoms. The minimum atomic E-state index is -0.793. The summed E-state index contributed by atoms with van der Waals surface area (Å²) >= 11 is 0. The molecule has 0 atom stereocenters. The first-order valence-corrected chi connectivity index (χ1v) is 7.28. The molecule has 2 N–H and O–H groups in total. The third-order valence-corrected chi connectivity index (χ3v) is 3.78. The monoisotopic (exact) mass is 270 g/mol. The van der Waals surface area contributed by atoms with E-state index in [1.54, 1.807) is 0 Å². The summed E-state index contributed by atoms with van der Waals surface area (Å²) in [6.07, 6.45) is 7.01. The van der Waals surface area contributed by atoms with Crippen molar-refractivity contribution < 1.29 is 14.7 Å². The number of nitrogens with one attached hydrogen (secondary N) is 1. The molecule has 0 radical (unpaired) electrons. The highest BCUT2D eigenvalue weighted by atomic mass is 16.4. The van der Waals surface area contributed by atoms with Gasteiger partial charge >= 0.3 is 5.97 Å². The molecule has 1 aliphatic rings. The number of carboxylic acids is 1. The van der Waals surface area contributed by atoms with Crippen LogP contribution in [-0.4, -0.2) is 48.1 Å². The van der Waals surface area contributed by atoms with Crippen LogP contribution < -0.4 is 5.32 Å². The zero-order valence-corrected chi connectivity index (χ0v) is 11.9. The zero-order chi connectivity index (χ0) is 14.1. The van der Waals surface area contributed by atoms with E-state index < -0.39 is 5.97 Å². The summed E-state index contributed by atoms with van der Waals surface area (Å²) in [5.41, 5.74) is 0. The molecule has 0 bridgehead atoms. The summed E-state index contributed by atoms with van der Waals surface area (Å²) in [5, 5.41) is 11.4. The van der Waals surface area contributed by atoms with Crippen LogP contribution in [0.5, 0.6) is 0 Å². The SMILES string of the molecule is CN(CCNC(=O)CCCCC(=O)O)C1CCCC1. The molecule has 0 saturated heterocycles. The maximum atomic E-state index is 11.5. The highest BCUT2D eigenvalue weighted by Gasteiger charge is 2.18. The number of hydrogen-bond acceptors (Lipinski definition) is 3. The Morgan fingerprint density at radius 3 is 2.47 bits per heavy atom. The summed E-state index contributed by atoms with van der Waals surface area (Å²) < 4.78 is 0. The normalized spacial score (nSPS) is 15.9. The molecule has 1 fully saturated rings. The molecule has 0 aromatic carbocycles. The third kappa shape index (κ3) is 7.15. The highest BCUT2D eigenvalue weighted by Crippen LogP contribution is 2.21. The molecule has 19 heavy (non-hydrogen) atoms. The third-order valence-electron chi connectivity index (χ3n) is 3.78. The summed E-state index contributed by atoms with van der Waals surface area (Å²) in [7, 11) is 2.12. The van der Waals surface area contributed by atoms with Gasteiger partial charge in [-0.3, -0.25) is 9.59 Å². The van der Waals surface area contributed by atoms with Crippen LogP contribution in [0.3, 0.4) is 0 Å². The summed E-state index contributed by atoms with van der Waals surface area (Å²) in [6, 6.07) is 0.687. The largest absolute Gasteiger partial charge is 0.481 e. The van der Waals surface area contributed by atoms with Gasteiger partial charge in [-0.1, -0.05) is 12.8 Å². The van der Waals surface area contributed by atoms with E-state index in [-0.39, 0.29) is 12.3 Å². The van der Waals surface area contributed by atoms with Crippen LogP contribution in [-0.2, 0) is 9.59 Å². The number of rotatable bonds is 9. The smallest absolute Gasteiger partial charge is 0.303 e. The van der Waals surface area contributed by atoms with Crippen LogP contribution in [0.4, 0.5) is 0 Å². The Hall–Kier alpha value is -1.10. The Balaban J connectivity index is 1.98. The van der Waals surface area contributed by atoms with Crippen LogP contribution in [0.1, 0.15) is 51.4 Å². The molecule has 0 aromatic heterocycles. The Bertz CT molecular complexity index is 288. The van der Waals surface area contributed by atoms with E-state index in [0.29, 0.717) is 31.8 Å². The van der Waals surface area contributed by atoms with Gasteiger partial charge in [0, 0.05) is 32.0 Å². The number of likely N-dealkylation sites (N-methyl/N-ethyl adjacent to an activating group) is 1. The topological polar surface area (TPSA) is 69.6 Å². The van der Waals surface area contributed by atoms with Crippen LogP contribution in [0.2, 0.25) is 0 Å². The van der Waals surface area contributed by atoms with Gasteiger partial charge < -0.3 is 15.3 Å². The molecular weight excluding hydrogens is 244 g/mol. The van der Waals surface area contributed by atoms with E-state index in [1.165, 1.54) is 25.7 Å². The van der Waals surface area contributed by atoms with Gasteiger partial charge in [0.1, 0.15) is 0 Å². The summed E-state index contributed by atoms with van der Waals surface area (Å²) in [5.74, 6) is -0.760. The zero-order valence-electron chi connectivity index (χ0n) is 11.9. The van der Waals surface area contributed by atoms with E-state index in [0.717, 1.165) is 6.54 Å². The molecule has 1 saturated carbocycles. The quantitative estimate of drug-likeness (QED) is 0.625. The predicted octanol–water partition coefficient (Wildman–Crippen LogP) is 1.62. The number of carbonyl (C=O) groups excluding carboxylic acids is 1. The Morgan fingerprint density at radius 2 is 1.84 bits per heavy atom. The minimum Gasteiger partial charge on any atom is -0.481 e. The fourth-order valence-electron chi connectivity index (χ4n) is 2.55.